The van der Waals surface area contributed by atoms with Gasteiger partial charge in [0.05, 0.1) is 5.02 Å². The molecule has 0 spiro atoms. The third-order valence-corrected chi connectivity index (χ3v) is 5.52. The van der Waals surface area contributed by atoms with Gasteiger partial charge >= 0.3 is 0 Å². The minimum Gasteiger partial charge on any atom is -0.486 e. The number of hydrogen-bond donors (Lipinski definition) is 1. The van der Waals surface area contributed by atoms with Crippen molar-refractivity contribution in [3.8, 4) is 11.5 Å². The molecule has 5 nitrogen and oxygen atoms in total. The van der Waals surface area contributed by atoms with Gasteiger partial charge in [0.1, 0.15) is 24.8 Å². The average molecular weight is 412 g/mol. The summed E-state index contributed by atoms with van der Waals surface area (Å²) in [5.74, 6) is 0.342. The average Bonchev–Trinajstić information content (AvgIpc) is 2.62. The van der Waals surface area contributed by atoms with Crippen LogP contribution in [0.2, 0.25) is 5.02 Å². The number of amides is 1. The number of halogens is 2. The molecule has 2 aromatic rings. The van der Waals surface area contributed by atoms with Crippen molar-refractivity contribution in [2.75, 3.05) is 19.0 Å². The van der Waals surface area contributed by atoms with Crippen LogP contribution >= 0.6 is 11.6 Å². The first-order chi connectivity index (χ1) is 12.9. The first-order valence-corrected chi connectivity index (χ1v) is 10.2. The molecule has 0 unspecified atom stereocenters. The van der Waals surface area contributed by atoms with E-state index < -0.39 is 10.8 Å². The number of fused-ring (bicyclic) bond motifs is 1. The molecule has 0 aliphatic carbocycles. The number of aryl methyl sites for hydroxylation is 1. The normalized spacial score (nSPS) is 13.9. The Kier molecular flexibility index (Phi) is 6.34. The van der Waals surface area contributed by atoms with Gasteiger partial charge in [-0.05, 0) is 41.8 Å². The first kappa shape index (κ1) is 19.6. The van der Waals surface area contributed by atoms with Crippen molar-refractivity contribution in [1.29, 1.82) is 0 Å². The summed E-state index contributed by atoms with van der Waals surface area (Å²) in [6.45, 7) is 2.72. The molecule has 8 heteroatoms. The molecule has 1 heterocycles. The van der Waals surface area contributed by atoms with Gasteiger partial charge in [0, 0.05) is 23.1 Å². The van der Waals surface area contributed by atoms with Crippen molar-refractivity contribution in [2.24, 2.45) is 0 Å². The van der Waals surface area contributed by atoms with E-state index in [0.29, 0.717) is 46.4 Å². The van der Waals surface area contributed by atoms with Crippen molar-refractivity contribution in [3.63, 3.8) is 0 Å². The van der Waals surface area contributed by atoms with E-state index in [9.17, 15) is 13.4 Å². The smallest absolute Gasteiger partial charge is 0.232 e. The standard InChI is InChI=1S/C19H19ClFNO4S/c1-12-2-3-13(7-16(12)21)9-22-18(23)11-27(24)10-14-6-15(20)19-17(8-14)25-4-5-26-19/h2-3,6-8H,4-5,9-11H2,1H3,(H,22,23)/t27-/m1/s1. The van der Waals surface area contributed by atoms with E-state index in [-0.39, 0.29) is 29.8 Å². The fraction of sp³-hybridized carbons (Fsp3) is 0.316. The van der Waals surface area contributed by atoms with Gasteiger partial charge in [-0.25, -0.2) is 4.39 Å². The highest BCUT2D eigenvalue weighted by molar-refractivity contribution is 7.84. The molecule has 3 rings (SSSR count). The van der Waals surface area contributed by atoms with Gasteiger partial charge < -0.3 is 14.8 Å². The molecule has 27 heavy (non-hydrogen) atoms. The predicted molar refractivity (Wildman–Crippen MR) is 102 cm³/mol. The molecular weight excluding hydrogens is 393 g/mol. The summed E-state index contributed by atoms with van der Waals surface area (Å²) < 4.78 is 36.7. The van der Waals surface area contributed by atoms with E-state index in [2.05, 4.69) is 5.32 Å². The number of carbonyl (C=O) groups is 1. The van der Waals surface area contributed by atoms with Crippen LogP contribution in [0, 0.1) is 12.7 Å². The zero-order chi connectivity index (χ0) is 19.4. The molecular formula is C19H19ClFNO4S. The van der Waals surface area contributed by atoms with Gasteiger partial charge in [-0.1, -0.05) is 23.7 Å². The lowest BCUT2D eigenvalue weighted by Crippen LogP contribution is -2.28. The Labute approximate surface area is 164 Å². The molecule has 0 radical (unpaired) electrons. The zero-order valence-corrected chi connectivity index (χ0v) is 16.3. The van der Waals surface area contributed by atoms with Gasteiger partial charge in [-0.15, -0.1) is 0 Å². The molecule has 0 fully saturated rings. The summed E-state index contributed by atoms with van der Waals surface area (Å²) in [4.78, 5) is 12.0. The number of hydrogen-bond acceptors (Lipinski definition) is 4. The van der Waals surface area contributed by atoms with E-state index in [1.54, 1.807) is 31.2 Å². The molecule has 1 N–H and O–H groups in total. The maximum atomic E-state index is 13.5. The molecule has 1 aliphatic rings. The van der Waals surface area contributed by atoms with Gasteiger partial charge in [0.15, 0.2) is 11.5 Å². The van der Waals surface area contributed by atoms with E-state index in [4.69, 9.17) is 21.1 Å². The molecule has 2 aromatic carbocycles. The SMILES string of the molecule is Cc1ccc(CNC(=O)C[S@](=O)Cc2cc(Cl)c3c(c2)OCCO3)cc1F. The number of benzene rings is 2. The number of nitrogens with one attached hydrogen (secondary N) is 1. The van der Waals surface area contributed by atoms with Crippen molar-refractivity contribution in [3.05, 3.63) is 57.9 Å². The minimum atomic E-state index is -1.42. The zero-order valence-electron chi connectivity index (χ0n) is 14.7. The highest BCUT2D eigenvalue weighted by Crippen LogP contribution is 2.38. The molecule has 0 saturated carbocycles. The summed E-state index contributed by atoms with van der Waals surface area (Å²) in [7, 11) is -1.42. The van der Waals surface area contributed by atoms with Gasteiger partial charge in [-0.2, -0.15) is 0 Å². The van der Waals surface area contributed by atoms with E-state index >= 15 is 0 Å². The van der Waals surface area contributed by atoms with E-state index in [0.717, 1.165) is 0 Å². The van der Waals surface area contributed by atoms with Crippen LogP contribution < -0.4 is 14.8 Å². The van der Waals surface area contributed by atoms with E-state index in [1.807, 2.05) is 0 Å². The Hall–Kier alpha value is -2.12. The maximum Gasteiger partial charge on any atom is 0.232 e. The summed E-state index contributed by atoms with van der Waals surface area (Å²) >= 11 is 6.16. The topological polar surface area (TPSA) is 64.6 Å². The Morgan fingerprint density at radius 2 is 2.00 bits per heavy atom. The molecule has 1 atom stereocenters. The van der Waals surface area contributed by atoms with Crippen LogP contribution in [-0.2, 0) is 27.9 Å². The second kappa shape index (κ2) is 8.71. The summed E-state index contributed by atoms with van der Waals surface area (Å²) in [5, 5.41) is 3.05. The second-order valence-electron chi connectivity index (χ2n) is 6.19. The first-order valence-electron chi connectivity index (χ1n) is 8.37. The third-order valence-electron chi connectivity index (χ3n) is 4.00. The monoisotopic (exact) mass is 411 g/mol. The molecule has 0 bridgehead atoms. The lowest BCUT2D eigenvalue weighted by atomic mass is 10.1. The lowest BCUT2D eigenvalue weighted by Gasteiger charge is -2.20. The highest BCUT2D eigenvalue weighted by atomic mass is 35.5. The van der Waals surface area contributed by atoms with Crippen LogP contribution in [0.1, 0.15) is 16.7 Å². The van der Waals surface area contributed by atoms with E-state index in [1.165, 1.54) is 6.07 Å². The minimum absolute atomic E-state index is 0.152. The number of rotatable bonds is 6. The Morgan fingerprint density at radius 1 is 1.22 bits per heavy atom. The highest BCUT2D eigenvalue weighted by Gasteiger charge is 2.18. The molecule has 1 aliphatic heterocycles. The van der Waals surface area contributed by atoms with Gasteiger partial charge in [0.25, 0.3) is 0 Å². The Balaban J connectivity index is 1.53. The predicted octanol–water partition coefficient (Wildman–Crippen LogP) is 3.12. The molecule has 0 saturated heterocycles. The molecule has 0 aromatic heterocycles. The fourth-order valence-electron chi connectivity index (χ4n) is 2.63. The van der Waals surface area contributed by atoms with Gasteiger partial charge in [0.2, 0.25) is 5.91 Å². The number of carbonyl (C=O) groups excluding carboxylic acids is 1. The number of ether oxygens (including phenoxy) is 2. The molecule has 144 valence electrons. The summed E-state index contributed by atoms with van der Waals surface area (Å²) in [6, 6.07) is 8.17. The second-order valence-corrected chi connectivity index (χ2v) is 8.05. The summed E-state index contributed by atoms with van der Waals surface area (Å²) in [5.41, 5.74) is 1.90. The Bertz CT molecular complexity index is 890. The molecule has 1 amide bonds. The van der Waals surface area contributed by atoms with Crippen LogP contribution in [0.3, 0.4) is 0 Å². The van der Waals surface area contributed by atoms with Crippen LogP contribution in [0.4, 0.5) is 4.39 Å². The lowest BCUT2D eigenvalue weighted by molar-refractivity contribution is -0.118. The summed E-state index contributed by atoms with van der Waals surface area (Å²) in [6.07, 6.45) is 0. The van der Waals surface area contributed by atoms with Crippen molar-refractivity contribution in [2.45, 2.75) is 19.2 Å². The van der Waals surface area contributed by atoms with Crippen molar-refractivity contribution >= 4 is 28.3 Å². The third kappa shape index (κ3) is 5.20. The Morgan fingerprint density at radius 3 is 2.78 bits per heavy atom. The van der Waals surface area contributed by atoms with Crippen LogP contribution in [0.15, 0.2) is 30.3 Å². The maximum absolute atomic E-state index is 13.5. The fourth-order valence-corrected chi connectivity index (χ4v) is 3.95. The van der Waals surface area contributed by atoms with Crippen LogP contribution in [0.5, 0.6) is 11.5 Å². The van der Waals surface area contributed by atoms with Crippen LogP contribution in [0.25, 0.3) is 0 Å². The van der Waals surface area contributed by atoms with Crippen molar-refractivity contribution in [1.82, 2.24) is 5.32 Å². The quantitative estimate of drug-likeness (QED) is 0.793. The van der Waals surface area contributed by atoms with Crippen LogP contribution in [-0.4, -0.2) is 29.1 Å². The van der Waals surface area contributed by atoms with Gasteiger partial charge in [-0.3, -0.25) is 9.00 Å². The van der Waals surface area contributed by atoms with Crippen molar-refractivity contribution < 1.29 is 22.9 Å². The largest absolute Gasteiger partial charge is 0.486 e.